The molecule has 6 nitrogen and oxygen atoms in total. The van der Waals surface area contributed by atoms with Crippen molar-refractivity contribution in [3.05, 3.63) is 23.3 Å². The van der Waals surface area contributed by atoms with Crippen LogP contribution >= 0.6 is 0 Å². The molecule has 4 rings (SSSR count). The van der Waals surface area contributed by atoms with Crippen LogP contribution in [0, 0.1) is 17.3 Å². The second-order valence-electron chi connectivity index (χ2n) is 8.61. The molecule has 1 aromatic carbocycles. The van der Waals surface area contributed by atoms with Gasteiger partial charge in [0.15, 0.2) is 0 Å². The van der Waals surface area contributed by atoms with Crippen LogP contribution in [-0.2, 0) is 16.7 Å². The number of fused-ring (bicyclic) bond motifs is 5. The van der Waals surface area contributed by atoms with E-state index >= 15 is 0 Å². The fourth-order valence-electron chi connectivity index (χ4n) is 6.07. The second-order valence-corrected chi connectivity index (χ2v) is 9.76. The lowest BCUT2D eigenvalue weighted by Gasteiger charge is -2.50. The highest BCUT2D eigenvalue weighted by Crippen LogP contribution is 2.61. The number of hydrogen-bond donors (Lipinski definition) is 3. The van der Waals surface area contributed by atoms with Crippen LogP contribution in [0.5, 0.6) is 5.75 Å². The van der Waals surface area contributed by atoms with E-state index in [0.29, 0.717) is 35.8 Å². The molecule has 0 spiro atoms. The van der Waals surface area contributed by atoms with Gasteiger partial charge < -0.3 is 9.84 Å². The van der Waals surface area contributed by atoms with Gasteiger partial charge in [0.1, 0.15) is 5.75 Å². The van der Waals surface area contributed by atoms with Crippen LogP contribution in [-0.4, -0.2) is 30.8 Å². The van der Waals surface area contributed by atoms with Gasteiger partial charge >= 0.3 is 10.3 Å². The Hall–Kier alpha value is -1.31. The summed E-state index contributed by atoms with van der Waals surface area (Å²) in [6.07, 6.45) is 5.81. The molecule has 2 fully saturated rings. The Balaban J connectivity index is 1.71. The molecule has 27 heavy (non-hydrogen) atoms. The Kier molecular flexibility index (Phi) is 4.68. The molecule has 1 aromatic rings. The van der Waals surface area contributed by atoms with Gasteiger partial charge in [0.2, 0.25) is 0 Å². The van der Waals surface area contributed by atoms with Gasteiger partial charge in [0.05, 0.1) is 18.4 Å². The normalized spacial score (nSPS) is 35.1. The van der Waals surface area contributed by atoms with E-state index in [-0.39, 0.29) is 11.5 Å². The van der Waals surface area contributed by atoms with Crippen LogP contribution in [0.15, 0.2) is 12.1 Å². The van der Waals surface area contributed by atoms with Gasteiger partial charge in [-0.05, 0) is 91.9 Å². The molecule has 0 amide bonds. The average molecular weight is 396 g/mol. The standard InChI is InChI=1S/C20H29NO5S/c1-3-26-18-11-15-12(10-17(18)21-27(23,24)25)4-5-14-13(15)8-9-20(2)16(14)6-7-19(20)22/h10-11,13-14,16,19,21-22H,3-9H2,1-2H3,(H,23,24,25)/t13-,14+,16-,19-,20-/m0/s1. The fraction of sp³-hybridized carbons (Fsp3) is 0.700. The van der Waals surface area contributed by atoms with Crippen LogP contribution in [0.3, 0.4) is 0 Å². The smallest absolute Gasteiger partial charge is 0.357 e. The molecule has 7 heteroatoms. The quantitative estimate of drug-likeness (QED) is 0.678. The molecule has 0 aromatic heterocycles. The van der Waals surface area contributed by atoms with Crippen molar-refractivity contribution in [3.63, 3.8) is 0 Å². The van der Waals surface area contributed by atoms with E-state index < -0.39 is 10.3 Å². The Labute approximate surface area is 161 Å². The van der Waals surface area contributed by atoms with E-state index in [0.717, 1.165) is 44.1 Å². The van der Waals surface area contributed by atoms with Gasteiger partial charge in [-0.2, -0.15) is 8.42 Å². The lowest BCUT2D eigenvalue weighted by molar-refractivity contribution is -0.0226. The highest BCUT2D eigenvalue weighted by molar-refractivity contribution is 7.87. The van der Waals surface area contributed by atoms with Gasteiger partial charge in [-0.15, -0.1) is 0 Å². The number of hydrogen-bond acceptors (Lipinski definition) is 4. The van der Waals surface area contributed by atoms with Crippen LogP contribution in [0.1, 0.15) is 63.0 Å². The monoisotopic (exact) mass is 395 g/mol. The van der Waals surface area contributed by atoms with Gasteiger partial charge in [-0.3, -0.25) is 9.27 Å². The molecule has 5 atom stereocenters. The van der Waals surface area contributed by atoms with Gasteiger partial charge in [0.25, 0.3) is 0 Å². The molecular weight excluding hydrogens is 366 g/mol. The van der Waals surface area contributed by atoms with Crippen molar-refractivity contribution in [2.45, 2.75) is 64.4 Å². The van der Waals surface area contributed by atoms with Crippen LogP contribution < -0.4 is 9.46 Å². The summed E-state index contributed by atoms with van der Waals surface area (Å²) in [7, 11) is -4.35. The first kappa shape index (κ1) is 19.0. The summed E-state index contributed by atoms with van der Waals surface area (Å²) in [4.78, 5) is 0. The van der Waals surface area contributed by atoms with Crippen molar-refractivity contribution in [2.75, 3.05) is 11.3 Å². The third kappa shape index (κ3) is 3.23. The number of ether oxygens (including phenoxy) is 1. The highest BCUT2D eigenvalue weighted by atomic mass is 32.2. The van der Waals surface area contributed by atoms with Gasteiger partial charge in [0, 0.05) is 0 Å². The van der Waals surface area contributed by atoms with Crippen LogP contribution in [0.4, 0.5) is 5.69 Å². The van der Waals surface area contributed by atoms with E-state index in [1.165, 1.54) is 5.56 Å². The Bertz CT molecular complexity index is 839. The Morgan fingerprint density at radius 3 is 2.74 bits per heavy atom. The summed E-state index contributed by atoms with van der Waals surface area (Å²) in [5.74, 6) is 2.00. The van der Waals surface area contributed by atoms with Crippen molar-refractivity contribution in [1.29, 1.82) is 0 Å². The molecular formula is C20H29NO5S. The number of benzene rings is 1. The lowest BCUT2D eigenvalue weighted by atomic mass is 9.55. The molecule has 0 bridgehead atoms. The zero-order chi connectivity index (χ0) is 19.4. The number of aliphatic hydroxyl groups is 1. The zero-order valence-corrected chi connectivity index (χ0v) is 16.8. The van der Waals surface area contributed by atoms with Gasteiger partial charge in [-0.25, -0.2) is 0 Å². The highest BCUT2D eigenvalue weighted by Gasteiger charge is 2.54. The predicted molar refractivity (Wildman–Crippen MR) is 103 cm³/mol. The minimum Gasteiger partial charge on any atom is -0.492 e. The van der Waals surface area contributed by atoms with E-state index in [1.807, 2.05) is 19.1 Å². The molecule has 2 saturated carbocycles. The van der Waals surface area contributed by atoms with Crippen molar-refractivity contribution in [2.24, 2.45) is 17.3 Å². The summed E-state index contributed by atoms with van der Waals surface area (Å²) >= 11 is 0. The Morgan fingerprint density at radius 2 is 2.04 bits per heavy atom. The number of rotatable bonds is 4. The third-order valence-electron chi connectivity index (χ3n) is 7.31. The molecule has 0 radical (unpaired) electrons. The van der Waals surface area contributed by atoms with Crippen molar-refractivity contribution >= 4 is 16.0 Å². The Morgan fingerprint density at radius 1 is 1.26 bits per heavy atom. The fourth-order valence-corrected chi connectivity index (χ4v) is 6.50. The van der Waals surface area contributed by atoms with Crippen LogP contribution in [0.25, 0.3) is 0 Å². The zero-order valence-electron chi connectivity index (χ0n) is 15.9. The van der Waals surface area contributed by atoms with E-state index in [2.05, 4.69) is 11.6 Å². The molecule has 3 aliphatic rings. The summed E-state index contributed by atoms with van der Waals surface area (Å²) in [6.45, 7) is 4.52. The van der Waals surface area contributed by atoms with Crippen molar-refractivity contribution in [1.82, 2.24) is 0 Å². The number of aliphatic hydroxyl groups excluding tert-OH is 1. The maximum Gasteiger partial charge on any atom is 0.357 e. The largest absolute Gasteiger partial charge is 0.492 e. The topological polar surface area (TPSA) is 95.9 Å². The molecule has 0 aliphatic heterocycles. The first-order valence-corrected chi connectivity index (χ1v) is 11.4. The van der Waals surface area contributed by atoms with Crippen molar-refractivity contribution < 1.29 is 22.8 Å². The number of aryl methyl sites for hydroxylation is 1. The predicted octanol–water partition coefficient (Wildman–Crippen LogP) is 3.52. The third-order valence-corrected chi connectivity index (χ3v) is 7.79. The maximum absolute atomic E-state index is 11.3. The summed E-state index contributed by atoms with van der Waals surface area (Å²) < 4.78 is 39.7. The minimum atomic E-state index is -4.35. The molecule has 0 saturated heterocycles. The molecule has 150 valence electrons. The summed E-state index contributed by atoms with van der Waals surface area (Å²) in [6, 6.07) is 3.79. The SMILES string of the molecule is CCOc1cc2c(cc1NS(=O)(=O)O)CC[C@@H]1[C@@H]2CC[C@]2(C)[C@@H](O)CC[C@@H]12. The average Bonchev–Trinajstić information content (AvgIpc) is 2.89. The van der Waals surface area contributed by atoms with E-state index in [9.17, 15) is 18.1 Å². The number of nitrogens with one attached hydrogen (secondary N) is 1. The first-order chi connectivity index (χ1) is 12.7. The van der Waals surface area contributed by atoms with Crippen LogP contribution in [0.2, 0.25) is 0 Å². The summed E-state index contributed by atoms with van der Waals surface area (Å²) in [5, 5.41) is 10.5. The minimum absolute atomic E-state index is 0.0356. The number of anilines is 1. The lowest BCUT2D eigenvalue weighted by Crippen LogP contribution is -2.43. The summed E-state index contributed by atoms with van der Waals surface area (Å²) in [5.41, 5.74) is 2.72. The maximum atomic E-state index is 11.3. The molecule has 0 heterocycles. The van der Waals surface area contributed by atoms with Gasteiger partial charge in [-0.1, -0.05) is 6.92 Å². The second kappa shape index (κ2) is 6.64. The molecule has 0 unspecified atom stereocenters. The first-order valence-electron chi connectivity index (χ1n) is 9.96. The molecule has 3 aliphatic carbocycles. The van der Waals surface area contributed by atoms with Crippen molar-refractivity contribution in [3.8, 4) is 5.75 Å². The molecule has 3 N–H and O–H groups in total. The van der Waals surface area contributed by atoms with E-state index in [4.69, 9.17) is 4.74 Å². The van der Waals surface area contributed by atoms with E-state index in [1.54, 1.807) is 0 Å².